The minimum absolute atomic E-state index is 0.285. The summed E-state index contributed by atoms with van der Waals surface area (Å²) in [5.74, 6) is 0.879. The number of hydrogen-bond acceptors (Lipinski definition) is 5. The van der Waals surface area contributed by atoms with Crippen LogP contribution in [0.1, 0.15) is 25.3 Å². The van der Waals surface area contributed by atoms with E-state index in [4.69, 9.17) is 0 Å². The van der Waals surface area contributed by atoms with Gasteiger partial charge in [0, 0.05) is 25.2 Å². The van der Waals surface area contributed by atoms with E-state index in [2.05, 4.69) is 19.8 Å². The highest BCUT2D eigenvalue weighted by Gasteiger charge is 2.18. The van der Waals surface area contributed by atoms with Gasteiger partial charge in [0.2, 0.25) is 10.0 Å². The number of rotatable bonds is 5. The SMILES string of the molecule is CCNS(=O)(=O)c1cc(-c2ccc(N3CCCC3)nn2)ccc1C. The lowest BCUT2D eigenvalue weighted by atomic mass is 10.1. The highest BCUT2D eigenvalue weighted by atomic mass is 32.2. The van der Waals surface area contributed by atoms with Crippen molar-refractivity contribution in [3.05, 3.63) is 35.9 Å². The molecule has 1 aromatic heterocycles. The van der Waals surface area contributed by atoms with Crippen molar-refractivity contribution in [2.24, 2.45) is 0 Å². The van der Waals surface area contributed by atoms with E-state index in [-0.39, 0.29) is 4.90 Å². The summed E-state index contributed by atoms with van der Waals surface area (Å²) in [6.07, 6.45) is 2.38. The van der Waals surface area contributed by atoms with Gasteiger partial charge in [-0.05, 0) is 43.5 Å². The van der Waals surface area contributed by atoms with E-state index < -0.39 is 10.0 Å². The molecule has 0 aliphatic carbocycles. The minimum Gasteiger partial charge on any atom is -0.355 e. The summed E-state index contributed by atoms with van der Waals surface area (Å²) in [4.78, 5) is 2.50. The molecule has 0 saturated carbocycles. The quantitative estimate of drug-likeness (QED) is 0.899. The van der Waals surface area contributed by atoms with Gasteiger partial charge in [-0.25, -0.2) is 13.1 Å². The highest BCUT2D eigenvalue weighted by molar-refractivity contribution is 7.89. The maximum atomic E-state index is 12.3. The molecule has 1 aromatic carbocycles. The smallest absolute Gasteiger partial charge is 0.240 e. The van der Waals surface area contributed by atoms with Crippen LogP contribution in [0.3, 0.4) is 0 Å². The van der Waals surface area contributed by atoms with Gasteiger partial charge in [0.1, 0.15) is 0 Å². The van der Waals surface area contributed by atoms with E-state index in [9.17, 15) is 8.42 Å². The summed E-state index contributed by atoms with van der Waals surface area (Å²) in [6.45, 7) is 5.94. The van der Waals surface area contributed by atoms with Crippen LogP contribution in [0.5, 0.6) is 0 Å². The summed E-state index contributed by atoms with van der Waals surface area (Å²) >= 11 is 0. The Morgan fingerprint density at radius 1 is 1.12 bits per heavy atom. The van der Waals surface area contributed by atoms with Gasteiger partial charge in [0.05, 0.1) is 10.6 Å². The second kappa shape index (κ2) is 6.86. The van der Waals surface area contributed by atoms with Gasteiger partial charge >= 0.3 is 0 Å². The molecular weight excluding hydrogens is 324 g/mol. The third kappa shape index (κ3) is 3.42. The third-order valence-corrected chi connectivity index (χ3v) is 5.88. The number of benzene rings is 1. The lowest BCUT2D eigenvalue weighted by Gasteiger charge is -2.15. The zero-order valence-electron chi connectivity index (χ0n) is 14.0. The van der Waals surface area contributed by atoms with Crippen LogP contribution in [-0.2, 0) is 10.0 Å². The summed E-state index contributed by atoms with van der Waals surface area (Å²) in [5, 5.41) is 8.58. The monoisotopic (exact) mass is 346 g/mol. The molecule has 1 fully saturated rings. The lowest BCUT2D eigenvalue weighted by molar-refractivity contribution is 0.583. The Kier molecular flexibility index (Phi) is 4.82. The predicted molar refractivity (Wildman–Crippen MR) is 94.5 cm³/mol. The molecule has 1 aliphatic rings. The zero-order valence-corrected chi connectivity index (χ0v) is 14.8. The molecule has 0 amide bonds. The van der Waals surface area contributed by atoms with Crippen molar-refractivity contribution in [1.29, 1.82) is 0 Å². The number of nitrogens with one attached hydrogen (secondary N) is 1. The molecule has 24 heavy (non-hydrogen) atoms. The second-order valence-corrected chi connectivity index (χ2v) is 7.69. The summed E-state index contributed by atoms with van der Waals surface area (Å²) < 4.78 is 27.2. The van der Waals surface area contributed by atoms with E-state index in [1.807, 2.05) is 18.2 Å². The molecule has 0 bridgehead atoms. The standard InChI is InChI=1S/C17H22N4O2S/c1-3-18-24(22,23)16-12-14(7-6-13(16)2)15-8-9-17(20-19-15)21-10-4-5-11-21/h6-9,12,18H,3-5,10-11H2,1-2H3. The van der Waals surface area contributed by atoms with Crippen molar-refractivity contribution in [3.63, 3.8) is 0 Å². The summed E-state index contributed by atoms with van der Waals surface area (Å²) in [6, 6.07) is 9.18. The van der Waals surface area contributed by atoms with Crippen LogP contribution in [0.15, 0.2) is 35.2 Å². The molecule has 3 rings (SSSR count). The Bertz CT molecular complexity index is 813. The Hall–Kier alpha value is -1.99. The molecule has 128 valence electrons. The number of nitrogens with zero attached hydrogens (tertiary/aromatic N) is 3. The van der Waals surface area contributed by atoms with Crippen LogP contribution in [0.4, 0.5) is 5.82 Å². The number of aromatic nitrogens is 2. The van der Waals surface area contributed by atoms with Crippen LogP contribution in [0, 0.1) is 6.92 Å². The largest absolute Gasteiger partial charge is 0.355 e. The Morgan fingerprint density at radius 3 is 2.50 bits per heavy atom. The molecule has 1 aliphatic heterocycles. The fourth-order valence-corrected chi connectivity index (χ4v) is 4.22. The van der Waals surface area contributed by atoms with Gasteiger partial charge in [-0.15, -0.1) is 10.2 Å². The van der Waals surface area contributed by atoms with Crippen molar-refractivity contribution < 1.29 is 8.42 Å². The number of anilines is 1. The summed E-state index contributed by atoms with van der Waals surface area (Å²) in [7, 11) is -3.50. The molecule has 2 aromatic rings. The van der Waals surface area contributed by atoms with Crippen molar-refractivity contribution >= 4 is 15.8 Å². The number of aryl methyl sites for hydroxylation is 1. The van der Waals surface area contributed by atoms with Crippen LogP contribution in [-0.4, -0.2) is 38.2 Å². The van der Waals surface area contributed by atoms with Crippen LogP contribution >= 0.6 is 0 Å². The maximum Gasteiger partial charge on any atom is 0.240 e. The van der Waals surface area contributed by atoms with E-state index in [1.54, 1.807) is 26.0 Å². The normalized spacial score (nSPS) is 15.0. The molecule has 0 atom stereocenters. The van der Waals surface area contributed by atoms with Gasteiger partial charge < -0.3 is 4.90 Å². The van der Waals surface area contributed by atoms with E-state index >= 15 is 0 Å². The van der Waals surface area contributed by atoms with Crippen molar-refractivity contribution in [3.8, 4) is 11.3 Å². The molecule has 0 radical (unpaired) electrons. The fourth-order valence-electron chi connectivity index (χ4n) is 2.91. The first-order chi connectivity index (χ1) is 11.5. The number of hydrogen-bond donors (Lipinski definition) is 1. The van der Waals surface area contributed by atoms with Gasteiger partial charge in [-0.3, -0.25) is 0 Å². The van der Waals surface area contributed by atoms with Crippen LogP contribution < -0.4 is 9.62 Å². The topological polar surface area (TPSA) is 75.2 Å². The first kappa shape index (κ1) is 16.9. The van der Waals surface area contributed by atoms with Crippen molar-refractivity contribution in [1.82, 2.24) is 14.9 Å². The maximum absolute atomic E-state index is 12.3. The second-order valence-electron chi connectivity index (χ2n) is 5.95. The summed E-state index contributed by atoms with van der Waals surface area (Å²) in [5.41, 5.74) is 2.13. The molecular formula is C17H22N4O2S. The van der Waals surface area contributed by atoms with Gasteiger partial charge in [-0.1, -0.05) is 19.1 Å². The molecule has 6 nitrogen and oxygen atoms in total. The highest BCUT2D eigenvalue weighted by Crippen LogP contribution is 2.25. The molecule has 0 spiro atoms. The van der Waals surface area contributed by atoms with Crippen LogP contribution in [0.25, 0.3) is 11.3 Å². The fraction of sp³-hybridized carbons (Fsp3) is 0.412. The third-order valence-electron chi connectivity index (χ3n) is 4.19. The average Bonchev–Trinajstić information content (AvgIpc) is 3.10. The van der Waals surface area contributed by atoms with Gasteiger partial charge in [-0.2, -0.15) is 0 Å². The lowest BCUT2D eigenvalue weighted by Crippen LogP contribution is -2.24. The first-order valence-corrected chi connectivity index (χ1v) is 9.69. The van der Waals surface area contributed by atoms with E-state index in [0.717, 1.165) is 24.5 Å². The predicted octanol–water partition coefficient (Wildman–Crippen LogP) is 2.35. The number of sulfonamides is 1. The average molecular weight is 346 g/mol. The Labute approximate surface area is 143 Å². The Balaban J connectivity index is 1.92. The first-order valence-electron chi connectivity index (χ1n) is 8.20. The van der Waals surface area contributed by atoms with Crippen molar-refractivity contribution in [2.75, 3.05) is 24.5 Å². The molecule has 0 unspecified atom stereocenters. The van der Waals surface area contributed by atoms with E-state index in [0.29, 0.717) is 17.8 Å². The van der Waals surface area contributed by atoms with Gasteiger partial charge in [0.25, 0.3) is 0 Å². The minimum atomic E-state index is -3.50. The zero-order chi connectivity index (χ0) is 17.2. The van der Waals surface area contributed by atoms with Gasteiger partial charge in [0.15, 0.2) is 5.82 Å². The molecule has 1 saturated heterocycles. The molecule has 1 N–H and O–H groups in total. The molecule has 7 heteroatoms. The molecule has 2 heterocycles. The Morgan fingerprint density at radius 2 is 1.88 bits per heavy atom. The van der Waals surface area contributed by atoms with Crippen LogP contribution in [0.2, 0.25) is 0 Å². The van der Waals surface area contributed by atoms with E-state index in [1.165, 1.54) is 12.8 Å². The van der Waals surface area contributed by atoms with Crippen molar-refractivity contribution in [2.45, 2.75) is 31.6 Å².